The molecule has 0 aromatic carbocycles. The van der Waals surface area contributed by atoms with Gasteiger partial charge in [-0.1, -0.05) is 6.07 Å². The van der Waals surface area contributed by atoms with Crippen molar-refractivity contribution in [1.82, 2.24) is 14.8 Å². The van der Waals surface area contributed by atoms with E-state index in [0.717, 1.165) is 25.1 Å². The van der Waals surface area contributed by atoms with E-state index in [1.807, 2.05) is 29.3 Å². The van der Waals surface area contributed by atoms with Gasteiger partial charge in [-0.05, 0) is 24.1 Å². The van der Waals surface area contributed by atoms with Crippen LogP contribution in [0.3, 0.4) is 0 Å². The van der Waals surface area contributed by atoms with Crippen molar-refractivity contribution in [2.75, 3.05) is 6.54 Å². The van der Waals surface area contributed by atoms with Crippen LogP contribution in [-0.2, 0) is 27.5 Å². The first kappa shape index (κ1) is 28.6. The Kier molecular flexibility index (Phi) is 9.44. The van der Waals surface area contributed by atoms with Crippen molar-refractivity contribution in [3.8, 4) is 0 Å². The lowest BCUT2D eigenvalue weighted by Crippen LogP contribution is -2.36. The van der Waals surface area contributed by atoms with Crippen molar-refractivity contribution >= 4 is 17.8 Å². The Hall–Kier alpha value is -3.62. The van der Waals surface area contributed by atoms with E-state index in [1.54, 1.807) is 18.7 Å². The molecule has 0 saturated carbocycles. The van der Waals surface area contributed by atoms with Gasteiger partial charge >= 0.3 is 24.3 Å². The van der Waals surface area contributed by atoms with E-state index < -0.39 is 24.3 Å². The van der Waals surface area contributed by atoms with E-state index in [9.17, 15) is 31.1 Å². The maximum absolute atomic E-state index is 12.4. The van der Waals surface area contributed by atoms with Gasteiger partial charge in [0.25, 0.3) is 0 Å². The number of pyridine rings is 1. The molecule has 2 fully saturated rings. The number of nitrogens with zero attached hydrogens (tertiary/aromatic N) is 3. The molecule has 4 heterocycles. The van der Waals surface area contributed by atoms with Crippen molar-refractivity contribution in [2.45, 2.75) is 50.4 Å². The number of rotatable bonds is 4. The minimum absolute atomic E-state index is 0.260. The van der Waals surface area contributed by atoms with Gasteiger partial charge in [0, 0.05) is 56.1 Å². The molecule has 36 heavy (non-hydrogen) atoms. The smallest absolute Gasteiger partial charge is 0.475 e. The maximum Gasteiger partial charge on any atom is 0.490 e. The van der Waals surface area contributed by atoms with Crippen LogP contribution in [0, 0.1) is 0 Å². The second-order valence-corrected chi connectivity index (χ2v) is 7.72. The van der Waals surface area contributed by atoms with Crippen LogP contribution >= 0.6 is 0 Å². The standard InChI is InChI=1S/C17H19N3O2.2C2HF3O2/c21-17-8-16-15(20(17)11-13-2-1-5-18-9-13)3-6-19(16)10-14-4-7-22-12-14;2*3-2(4,5)1(6)7/h1-2,4-5,7,9,12,15-16H,3,6,8,10-11H2;2*(H,6,7)/t15-,16+;;/m1../s1. The number of amides is 1. The molecular weight excluding hydrogens is 504 g/mol. The summed E-state index contributed by atoms with van der Waals surface area (Å²) in [5.41, 5.74) is 2.28. The Labute approximate surface area is 199 Å². The first-order chi connectivity index (χ1) is 16.7. The molecule has 2 aliphatic heterocycles. The molecule has 9 nitrogen and oxygen atoms in total. The summed E-state index contributed by atoms with van der Waals surface area (Å²) in [7, 11) is 0. The lowest BCUT2D eigenvalue weighted by molar-refractivity contribution is -0.193. The monoisotopic (exact) mass is 525 g/mol. The fourth-order valence-electron chi connectivity index (χ4n) is 3.72. The number of halogens is 6. The summed E-state index contributed by atoms with van der Waals surface area (Å²) in [6.45, 7) is 2.58. The van der Waals surface area contributed by atoms with Crippen LogP contribution in [0.2, 0.25) is 0 Å². The molecule has 2 N–H and O–H groups in total. The van der Waals surface area contributed by atoms with E-state index in [1.165, 1.54) is 5.56 Å². The summed E-state index contributed by atoms with van der Waals surface area (Å²) in [4.78, 5) is 38.8. The molecule has 1 amide bonds. The fraction of sp³-hybridized carbons (Fsp3) is 0.429. The second kappa shape index (κ2) is 11.9. The molecule has 0 aliphatic carbocycles. The van der Waals surface area contributed by atoms with Crippen molar-refractivity contribution in [1.29, 1.82) is 0 Å². The van der Waals surface area contributed by atoms with Gasteiger partial charge in [0.1, 0.15) is 0 Å². The predicted molar refractivity (Wildman–Crippen MR) is 108 cm³/mol. The molecule has 2 saturated heterocycles. The van der Waals surface area contributed by atoms with Crippen LogP contribution in [0.1, 0.15) is 24.0 Å². The number of carboxylic acid groups (broad SMARTS) is 2. The minimum Gasteiger partial charge on any atom is -0.475 e. The average Bonchev–Trinajstić information content (AvgIpc) is 3.49. The number of alkyl halides is 6. The molecule has 2 atom stereocenters. The summed E-state index contributed by atoms with van der Waals surface area (Å²) in [6, 6.07) is 6.62. The number of fused-ring (bicyclic) bond motifs is 1. The van der Waals surface area contributed by atoms with E-state index in [4.69, 9.17) is 24.2 Å². The number of aromatic nitrogens is 1. The first-order valence-corrected chi connectivity index (χ1v) is 10.2. The van der Waals surface area contributed by atoms with E-state index in [2.05, 4.69) is 9.88 Å². The molecule has 198 valence electrons. The van der Waals surface area contributed by atoms with Crippen LogP contribution in [0.5, 0.6) is 0 Å². The maximum atomic E-state index is 12.4. The second-order valence-electron chi connectivity index (χ2n) is 7.72. The number of hydrogen-bond donors (Lipinski definition) is 2. The number of hydrogen-bond acceptors (Lipinski definition) is 6. The minimum atomic E-state index is -5.08. The summed E-state index contributed by atoms with van der Waals surface area (Å²) < 4.78 is 68.6. The number of carboxylic acids is 2. The van der Waals surface area contributed by atoms with Crippen LogP contribution in [0.15, 0.2) is 47.5 Å². The predicted octanol–water partition coefficient (Wildman–Crippen LogP) is 3.32. The highest BCUT2D eigenvalue weighted by Crippen LogP contribution is 2.34. The van der Waals surface area contributed by atoms with E-state index in [0.29, 0.717) is 25.0 Å². The molecule has 0 bridgehead atoms. The summed E-state index contributed by atoms with van der Waals surface area (Å²) >= 11 is 0. The Morgan fingerprint density at radius 1 is 1.00 bits per heavy atom. The molecule has 2 aromatic rings. The van der Waals surface area contributed by atoms with Gasteiger partial charge in [-0.3, -0.25) is 14.7 Å². The number of likely N-dealkylation sites (tertiary alicyclic amines) is 2. The highest BCUT2D eigenvalue weighted by Gasteiger charge is 2.46. The third-order valence-corrected chi connectivity index (χ3v) is 5.26. The summed E-state index contributed by atoms with van der Waals surface area (Å²) in [6.07, 6.45) is -1.38. The normalized spacial score (nSPS) is 19.6. The summed E-state index contributed by atoms with van der Waals surface area (Å²) in [5.74, 6) is -5.25. The topological polar surface area (TPSA) is 124 Å². The molecule has 0 spiro atoms. The highest BCUT2D eigenvalue weighted by molar-refractivity contribution is 5.80. The molecule has 15 heteroatoms. The van der Waals surface area contributed by atoms with Gasteiger partial charge in [-0.2, -0.15) is 26.3 Å². The van der Waals surface area contributed by atoms with Gasteiger partial charge in [0.2, 0.25) is 5.91 Å². The molecular formula is C21H21F6N3O6. The van der Waals surface area contributed by atoms with Crippen LogP contribution in [0.4, 0.5) is 26.3 Å². The zero-order valence-corrected chi connectivity index (χ0v) is 18.4. The molecule has 2 aliphatic rings. The van der Waals surface area contributed by atoms with Crippen molar-refractivity contribution in [3.05, 3.63) is 54.2 Å². The third-order valence-electron chi connectivity index (χ3n) is 5.26. The lowest BCUT2D eigenvalue weighted by atomic mass is 10.1. The van der Waals surface area contributed by atoms with Gasteiger partial charge in [-0.15, -0.1) is 0 Å². The Morgan fingerprint density at radius 2 is 1.61 bits per heavy atom. The van der Waals surface area contributed by atoms with Crippen LogP contribution in [-0.4, -0.2) is 73.8 Å². The third kappa shape index (κ3) is 8.25. The summed E-state index contributed by atoms with van der Waals surface area (Å²) in [5, 5.41) is 14.2. The quantitative estimate of drug-likeness (QED) is 0.583. The molecule has 4 rings (SSSR count). The Morgan fingerprint density at radius 3 is 2.08 bits per heavy atom. The number of furan rings is 1. The van der Waals surface area contributed by atoms with Crippen molar-refractivity contribution < 1.29 is 55.4 Å². The van der Waals surface area contributed by atoms with Gasteiger partial charge < -0.3 is 19.5 Å². The van der Waals surface area contributed by atoms with Crippen molar-refractivity contribution in [2.24, 2.45) is 0 Å². The first-order valence-electron chi connectivity index (χ1n) is 10.2. The number of carbonyl (C=O) groups is 3. The highest BCUT2D eigenvalue weighted by atomic mass is 19.4. The average molecular weight is 525 g/mol. The van der Waals surface area contributed by atoms with Crippen LogP contribution < -0.4 is 0 Å². The number of aliphatic carboxylic acids is 2. The lowest BCUT2D eigenvalue weighted by Gasteiger charge is -2.25. The van der Waals surface area contributed by atoms with E-state index in [-0.39, 0.29) is 5.91 Å². The fourth-order valence-corrected chi connectivity index (χ4v) is 3.72. The Bertz CT molecular complexity index is 989. The van der Waals surface area contributed by atoms with Crippen LogP contribution in [0.25, 0.3) is 0 Å². The SMILES string of the molecule is O=C(O)C(F)(F)F.O=C(O)C(F)(F)F.O=C1C[C@H]2[C@@H](CCN2Cc2ccoc2)N1Cc1cccnc1. The number of carbonyl (C=O) groups excluding carboxylic acids is 1. The Balaban J connectivity index is 0.000000271. The van der Waals surface area contributed by atoms with Crippen molar-refractivity contribution in [3.63, 3.8) is 0 Å². The van der Waals surface area contributed by atoms with E-state index >= 15 is 0 Å². The zero-order valence-electron chi connectivity index (χ0n) is 18.4. The van der Waals surface area contributed by atoms with Gasteiger partial charge in [-0.25, -0.2) is 9.59 Å². The zero-order chi connectivity index (χ0) is 27.1. The van der Waals surface area contributed by atoms with Gasteiger partial charge in [0.05, 0.1) is 12.5 Å². The molecule has 0 unspecified atom stereocenters. The molecule has 0 radical (unpaired) electrons. The largest absolute Gasteiger partial charge is 0.490 e. The van der Waals surface area contributed by atoms with Gasteiger partial charge in [0.15, 0.2) is 0 Å². The molecule has 2 aromatic heterocycles.